The van der Waals surface area contributed by atoms with E-state index in [9.17, 15) is 4.79 Å². The fourth-order valence-electron chi connectivity index (χ4n) is 3.10. The number of ketones is 1. The highest BCUT2D eigenvalue weighted by Crippen LogP contribution is 2.18. The van der Waals surface area contributed by atoms with Crippen molar-refractivity contribution in [1.82, 2.24) is 0 Å². The topological polar surface area (TPSA) is 17.1 Å². The molecule has 1 nitrogen and oxygen atoms in total. The summed E-state index contributed by atoms with van der Waals surface area (Å²) >= 11 is 0. The van der Waals surface area contributed by atoms with E-state index >= 15 is 0 Å². The number of rotatable bonds is 0. The molecule has 1 atom stereocenters. The molecule has 0 saturated heterocycles. The number of carbonyl (C=O) groups is 1. The van der Waals surface area contributed by atoms with Crippen molar-refractivity contribution in [2.45, 2.75) is 103 Å². The van der Waals surface area contributed by atoms with Crippen molar-refractivity contribution in [2.24, 2.45) is 5.92 Å². The molecule has 1 aliphatic rings. The van der Waals surface area contributed by atoms with Crippen LogP contribution in [0.5, 0.6) is 0 Å². The molecule has 0 aromatic rings. The zero-order chi connectivity index (χ0) is 13.8. The Hall–Kier alpha value is -0.330. The van der Waals surface area contributed by atoms with E-state index in [1.54, 1.807) is 0 Å². The molecule has 1 rings (SSSR count). The van der Waals surface area contributed by atoms with Crippen molar-refractivity contribution in [3.63, 3.8) is 0 Å². The lowest BCUT2D eigenvalue weighted by Crippen LogP contribution is -2.10. The van der Waals surface area contributed by atoms with Gasteiger partial charge < -0.3 is 0 Å². The van der Waals surface area contributed by atoms with Crippen LogP contribution in [0.3, 0.4) is 0 Å². The summed E-state index contributed by atoms with van der Waals surface area (Å²) in [6.07, 6.45) is 19.6. The van der Waals surface area contributed by atoms with E-state index in [4.69, 9.17) is 0 Å². The second-order valence-electron chi connectivity index (χ2n) is 6.50. The molecule has 0 aromatic carbocycles. The molecule has 112 valence electrons. The third kappa shape index (κ3) is 9.24. The Kier molecular flexibility index (Phi) is 10.1. The first-order chi connectivity index (χ1) is 9.30. The Balaban J connectivity index is 2.21. The zero-order valence-electron chi connectivity index (χ0n) is 13.1. The van der Waals surface area contributed by atoms with E-state index in [-0.39, 0.29) is 0 Å². The van der Waals surface area contributed by atoms with Crippen molar-refractivity contribution >= 4 is 5.78 Å². The van der Waals surface area contributed by atoms with Gasteiger partial charge in [-0.25, -0.2) is 0 Å². The molecule has 1 unspecified atom stereocenters. The summed E-state index contributed by atoms with van der Waals surface area (Å²) < 4.78 is 0. The van der Waals surface area contributed by atoms with Crippen molar-refractivity contribution < 1.29 is 4.79 Å². The molecule has 0 aromatic heterocycles. The van der Waals surface area contributed by atoms with Crippen molar-refractivity contribution in [2.75, 3.05) is 0 Å². The van der Waals surface area contributed by atoms with Crippen LogP contribution in [0.1, 0.15) is 103 Å². The summed E-state index contributed by atoms with van der Waals surface area (Å²) in [5.41, 5.74) is 0. The molecule has 0 amide bonds. The van der Waals surface area contributed by atoms with Crippen molar-refractivity contribution in [3.05, 3.63) is 0 Å². The number of carbonyl (C=O) groups excluding carboxylic acids is 1. The van der Waals surface area contributed by atoms with Crippen LogP contribution >= 0.6 is 0 Å². The Labute approximate surface area is 120 Å². The van der Waals surface area contributed by atoms with Gasteiger partial charge in [-0.1, -0.05) is 84.0 Å². The minimum Gasteiger partial charge on any atom is -0.299 e. The summed E-state index contributed by atoms with van der Waals surface area (Å²) in [6.45, 7) is 2.14. The zero-order valence-corrected chi connectivity index (χ0v) is 13.1. The number of hydrogen-bond donors (Lipinski definition) is 0. The maximum atomic E-state index is 12.0. The highest BCUT2D eigenvalue weighted by atomic mass is 16.1. The Morgan fingerprint density at radius 3 is 1.47 bits per heavy atom. The molecule has 0 heterocycles. The lowest BCUT2D eigenvalue weighted by Gasteiger charge is -2.10. The Bertz CT molecular complexity index is 222. The van der Waals surface area contributed by atoms with Gasteiger partial charge in [-0.2, -0.15) is 0 Å². The molecule has 0 N–H and O–H groups in total. The van der Waals surface area contributed by atoms with Crippen LogP contribution in [0, 0.1) is 5.92 Å². The Morgan fingerprint density at radius 1 is 0.632 bits per heavy atom. The molecular weight excluding hydrogens is 232 g/mol. The van der Waals surface area contributed by atoms with E-state index in [2.05, 4.69) is 6.92 Å². The first kappa shape index (κ1) is 16.7. The predicted octanol–water partition coefficient (Wildman–Crippen LogP) is 6.06. The minimum atomic E-state index is 0.315. The number of Topliss-reactive ketones (excluding diaryl/α,β-unsaturated/α-hetero) is 1. The van der Waals surface area contributed by atoms with Gasteiger partial charge in [-0.3, -0.25) is 4.79 Å². The fourth-order valence-corrected chi connectivity index (χ4v) is 3.10. The summed E-state index contributed by atoms with van der Waals surface area (Å²) in [5.74, 6) is 0.833. The molecule has 0 spiro atoms. The van der Waals surface area contributed by atoms with Gasteiger partial charge >= 0.3 is 0 Å². The number of hydrogen-bond acceptors (Lipinski definition) is 1. The molecule has 0 bridgehead atoms. The van der Waals surface area contributed by atoms with Crippen LogP contribution < -0.4 is 0 Å². The lowest BCUT2D eigenvalue weighted by molar-refractivity contribution is -0.122. The van der Waals surface area contributed by atoms with Crippen LogP contribution in [0.2, 0.25) is 0 Å². The van der Waals surface area contributed by atoms with Crippen LogP contribution in [-0.2, 0) is 4.79 Å². The monoisotopic (exact) mass is 266 g/mol. The molecule has 0 radical (unpaired) electrons. The van der Waals surface area contributed by atoms with Gasteiger partial charge in [0.05, 0.1) is 0 Å². The van der Waals surface area contributed by atoms with E-state index in [0.717, 1.165) is 19.3 Å². The van der Waals surface area contributed by atoms with Gasteiger partial charge in [0.15, 0.2) is 0 Å². The highest BCUT2D eigenvalue weighted by Gasteiger charge is 2.11. The second-order valence-corrected chi connectivity index (χ2v) is 6.50. The molecule has 1 aliphatic carbocycles. The van der Waals surface area contributed by atoms with Gasteiger partial charge in [0, 0.05) is 12.3 Å². The molecule has 1 fully saturated rings. The van der Waals surface area contributed by atoms with Gasteiger partial charge in [0.1, 0.15) is 5.78 Å². The van der Waals surface area contributed by atoms with Crippen LogP contribution in [0.4, 0.5) is 0 Å². The third-order valence-electron chi connectivity index (χ3n) is 4.61. The fraction of sp³-hybridized carbons (Fsp3) is 0.944. The van der Waals surface area contributed by atoms with E-state index < -0.39 is 0 Å². The third-order valence-corrected chi connectivity index (χ3v) is 4.61. The average molecular weight is 266 g/mol. The minimum absolute atomic E-state index is 0.315. The molecular formula is C18H34O. The van der Waals surface area contributed by atoms with Crippen molar-refractivity contribution in [3.8, 4) is 0 Å². The first-order valence-electron chi connectivity index (χ1n) is 8.83. The van der Waals surface area contributed by atoms with E-state index in [0.29, 0.717) is 11.7 Å². The SMILES string of the molecule is CC1CCCCCCCCCCCCCCCC1=O. The average Bonchev–Trinajstić information content (AvgIpc) is 2.41. The largest absolute Gasteiger partial charge is 0.299 e. The summed E-state index contributed by atoms with van der Waals surface area (Å²) in [4.78, 5) is 12.0. The molecule has 1 heteroatoms. The normalized spacial score (nSPS) is 26.8. The van der Waals surface area contributed by atoms with Gasteiger partial charge in [0.25, 0.3) is 0 Å². The second kappa shape index (κ2) is 11.5. The lowest BCUT2D eigenvalue weighted by atomic mass is 9.95. The van der Waals surface area contributed by atoms with E-state index in [1.165, 1.54) is 77.0 Å². The quantitative estimate of drug-likeness (QED) is 0.521. The molecule has 1 saturated carbocycles. The van der Waals surface area contributed by atoms with Crippen LogP contribution in [-0.4, -0.2) is 5.78 Å². The van der Waals surface area contributed by atoms with Crippen molar-refractivity contribution in [1.29, 1.82) is 0 Å². The summed E-state index contributed by atoms with van der Waals surface area (Å²) in [7, 11) is 0. The summed E-state index contributed by atoms with van der Waals surface area (Å²) in [6, 6.07) is 0. The van der Waals surface area contributed by atoms with Gasteiger partial charge in [-0.15, -0.1) is 0 Å². The molecule has 19 heavy (non-hydrogen) atoms. The summed E-state index contributed by atoms with van der Waals surface area (Å²) in [5, 5.41) is 0. The van der Waals surface area contributed by atoms with Crippen LogP contribution in [0.25, 0.3) is 0 Å². The predicted molar refractivity (Wildman–Crippen MR) is 83.4 cm³/mol. The van der Waals surface area contributed by atoms with Crippen LogP contribution in [0.15, 0.2) is 0 Å². The van der Waals surface area contributed by atoms with Gasteiger partial charge in [-0.05, 0) is 12.8 Å². The molecule has 0 aliphatic heterocycles. The maximum absolute atomic E-state index is 12.0. The maximum Gasteiger partial charge on any atom is 0.135 e. The highest BCUT2D eigenvalue weighted by molar-refractivity contribution is 5.80. The first-order valence-corrected chi connectivity index (χ1v) is 8.83. The van der Waals surface area contributed by atoms with E-state index in [1.807, 2.05) is 0 Å². The Morgan fingerprint density at radius 2 is 1.00 bits per heavy atom. The van der Waals surface area contributed by atoms with Gasteiger partial charge in [0.2, 0.25) is 0 Å². The smallest absolute Gasteiger partial charge is 0.135 e. The standard InChI is InChI=1S/C18H34O/c1-17-15-13-11-9-7-5-3-2-4-6-8-10-12-14-16-18(17)19/h17H,2-16H2,1H3.